The first-order chi connectivity index (χ1) is 13.8. The molecule has 2 rings (SSSR count). The van der Waals surface area contributed by atoms with Crippen LogP contribution in [0.3, 0.4) is 0 Å². The van der Waals surface area contributed by atoms with Gasteiger partial charge >= 0.3 is 0 Å². The Hall–Kier alpha value is -1.65. The van der Waals surface area contributed by atoms with E-state index in [1.54, 1.807) is 18.3 Å². The number of nitrogens with zero attached hydrogens (tertiary/aromatic N) is 1. The number of guanidine groups is 1. The monoisotopic (exact) mass is 544 g/mol. The predicted octanol–water partition coefficient (Wildman–Crippen LogP) is 4.31. The van der Waals surface area contributed by atoms with Gasteiger partial charge in [0.1, 0.15) is 5.60 Å². The van der Waals surface area contributed by atoms with Gasteiger partial charge in [-0.15, -0.1) is 24.0 Å². The number of thiophene rings is 1. The molecule has 2 aromatic rings. The molecular formula is C22H33IN4O2S. The van der Waals surface area contributed by atoms with E-state index in [9.17, 15) is 9.90 Å². The Morgan fingerprint density at radius 2 is 2.03 bits per heavy atom. The molecule has 1 unspecified atom stereocenters. The van der Waals surface area contributed by atoms with Crippen molar-refractivity contribution in [1.82, 2.24) is 10.6 Å². The van der Waals surface area contributed by atoms with Crippen LogP contribution in [0.2, 0.25) is 0 Å². The normalized spacial score (nSPS) is 13.3. The summed E-state index contributed by atoms with van der Waals surface area (Å²) in [6.07, 6.45) is 0.501. The van der Waals surface area contributed by atoms with E-state index in [2.05, 4.69) is 20.9 Å². The first kappa shape index (κ1) is 26.4. The van der Waals surface area contributed by atoms with Gasteiger partial charge in [-0.2, -0.15) is 11.3 Å². The lowest BCUT2D eigenvalue weighted by molar-refractivity contribution is -0.116. The van der Waals surface area contributed by atoms with Gasteiger partial charge in [0, 0.05) is 18.7 Å². The highest BCUT2D eigenvalue weighted by atomic mass is 127. The molecule has 0 radical (unpaired) electrons. The van der Waals surface area contributed by atoms with E-state index in [1.165, 1.54) is 0 Å². The molecule has 1 amide bonds. The smallest absolute Gasteiger partial charge is 0.224 e. The van der Waals surface area contributed by atoms with Crippen LogP contribution in [0.4, 0.5) is 5.69 Å². The first-order valence-corrected chi connectivity index (χ1v) is 10.9. The lowest BCUT2D eigenvalue weighted by Gasteiger charge is -2.24. The topological polar surface area (TPSA) is 85.8 Å². The molecule has 0 bridgehead atoms. The van der Waals surface area contributed by atoms with Crippen molar-refractivity contribution in [2.24, 2.45) is 10.9 Å². The Morgan fingerprint density at radius 1 is 1.27 bits per heavy atom. The Bertz CT molecular complexity index is 807. The van der Waals surface area contributed by atoms with E-state index in [-0.39, 0.29) is 29.9 Å². The molecule has 166 valence electrons. The molecule has 0 saturated carbocycles. The van der Waals surface area contributed by atoms with Gasteiger partial charge in [0.25, 0.3) is 0 Å². The third kappa shape index (κ3) is 9.01. The SMILES string of the molecule is CCNC(=NCc1cccc(NC(=O)CC(C)C)c1)NCC(C)(O)c1ccsc1.I. The van der Waals surface area contributed by atoms with Crippen molar-refractivity contribution in [2.45, 2.75) is 46.3 Å². The molecule has 6 nitrogen and oxygen atoms in total. The molecule has 1 heterocycles. The number of carbonyl (C=O) groups is 1. The van der Waals surface area contributed by atoms with E-state index in [4.69, 9.17) is 0 Å². The zero-order chi connectivity index (χ0) is 21.3. The number of hydrogen-bond donors (Lipinski definition) is 4. The number of aliphatic imine (C=N–C) groups is 1. The highest BCUT2D eigenvalue weighted by Crippen LogP contribution is 2.22. The molecule has 4 N–H and O–H groups in total. The fourth-order valence-corrected chi connectivity index (χ4v) is 3.55. The van der Waals surface area contributed by atoms with Gasteiger partial charge in [0.15, 0.2) is 5.96 Å². The van der Waals surface area contributed by atoms with E-state index in [1.807, 2.05) is 61.9 Å². The zero-order valence-corrected chi connectivity index (χ0v) is 21.2. The number of anilines is 1. The first-order valence-electron chi connectivity index (χ1n) is 9.96. The van der Waals surface area contributed by atoms with E-state index in [0.717, 1.165) is 23.4 Å². The van der Waals surface area contributed by atoms with Crippen LogP contribution < -0.4 is 16.0 Å². The molecule has 8 heteroatoms. The number of benzene rings is 1. The molecule has 0 spiro atoms. The summed E-state index contributed by atoms with van der Waals surface area (Å²) in [4.78, 5) is 16.6. The van der Waals surface area contributed by atoms with E-state index < -0.39 is 5.60 Å². The third-order valence-electron chi connectivity index (χ3n) is 4.31. The summed E-state index contributed by atoms with van der Waals surface area (Å²) in [6.45, 7) is 9.36. The van der Waals surface area contributed by atoms with Gasteiger partial charge in [-0.25, -0.2) is 4.99 Å². The highest BCUT2D eigenvalue weighted by Gasteiger charge is 2.23. The number of nitrogens with one attached hydrogen (secondary N) is 3. The third-order valence-corrected chi connectivity index (χ3v) is 4.99. The van der Waals surface area contributed by atoms with Gasteiger partial charge < -0.3 is 21.1 Å². The van der Waals surface area contributed by atoms with Crippen molar-refractivity contribution >= 4 is 52.9 Å². The summed E-state index contributed by atoms with van der Waals surface area (Å²) in [5.74, 6) is 0.978. The Morgan fingerprint density at radius 3 is 2.67 bits per heavy atom. The van der Waals surface area contributed by atoms with Crippen molar-refractivity contribution < 1.29 is 9.90 Å². The molecule has 1 aromatic carbocycles. The molecule has 1 aromatic heterocycles. The summed E-state index contributed by atoms with van der Waals surface area (Å²) >= 11 is 1.56. The maximum atomic E-state index is 12.0. The number of amides is 1. The summed E-state index contributed by atoms with van der Waals surface area (Å²) in [5, 5.41) is 23.9. The number of aliphatic hydroxyl groups is 1. The number of halogens is 1. The quantitative estimate of drug-likeness (QED) is 0.215. The van der Waals surface area contributed by atoms with Crippen molar-refractivity contribution in [2.75, 3.05) is 18.4 Å². The fourth-order valence-electron chi connectivity index (χ4n) is 2.77. The summed E-state index contributed by atoms with van der Waals surface area (Å²) in [5.41, 5.74) is 1.68. The molecule has 0 aliphatic rings. The molecular weight excluding hydrogens is 511 g/mol. The second-order valence-electron chi connectivity index (χ2n) is 7.68. The molecule has 0 aliphatic heterocycles. The van der Waals surface area contributed by atoms with Crippen LogP contribution >= 0.6 is 35.3 Å². The van der Waals surface area contributed by atoms with Gasteiger partial charge in [0.2, 0.25) is 5.91 Å². The molecule has 0 saturated heterocycles. The Labute approximate surface area is 200 Å². The molecule has 1 atom stereocenters. The zero-order valence-electron chi connectivity index (χ0n) is 18.1. The maximum Gasteiger partial charge on any atom is 0.224 e. The number of rotatable bonds is 9. The summed E-state index contributed by atoms with van der Waals surface area (Å²) in [7, 11) is 0. The predicted molar refractivity (Wildman–Crippen MR) is 137 cm³/mol. The second kappa shape index (κ2) is 12.9. The lowest BCUT2D eigenvalue weighted by atomic mass is 9.99. The molecule has 0 fully saturated rings. The molecule has 30 heavy (non-hydrogen) atoms. The van der Waals surface area contributed by atoms with Crippen LogP contribution in [0.15, 0.2) is 46.1 Å². The van der Waals surface area contributed by atoms with Crippen molar-refractivity contribution in [3.05, 3.63) is 52.2 Å². The van der Waals surface area contributed by atoms with Crippen LogP contribution in [0.25, 0.3) is 0 Å². The standard InChI is InChI=1S/C22H32N4O2S.HI/c1-5-23-21(25-15-22(4,28)18-9-10-29-14-18)24-13-17-7-6-8-19(12-17)26-20(27)11-16(2)3;/h6-10,12,14,16,28H,5,11,13,15H2,1-4H3,(H,26,27)(H2,23,24,25);1H. The molecule has 0 aliphatic carbocycles. The van der Waals surface area contributed by atoms with Crippen LogP contribution in [0, 0.1) is 5.92 Å². The minimum atomic E-state index is -0.975. The highest BCUT2D eigenvalue weighted by molar-refractivity contribution is 14.0. The summed E-state index contributed by atoms with van der Waals surface area (Å²) in [6, 6.07) is 9.64. The van der Waals surface area contributed by atoms with Crippen molar-refractivity contribution in [3.8, 4) is 0 Å². The average molecular weight is 545 g/mol. The van der Waals surface area contributed by atoms with E-state index in [0.29, 0.717) is 31.4 Å². The van der Waals surface area contributed by atoms with E-state index >= 15 is 0 Å². The van der Waals surface area contributed by atoms with Crippen LogP contribution in [0.5, 0.6) is 0 Å². The van der Waals surface area contributed by atoms with Crippen LogP contribution in [0.1, 0.15) is 45.2 Å². The number of hydrogen-bond acceptors (Lipinski definition) is 4. The van der Waals surface area contributed by atoms with Gasteiger partial charge in [-0.05, 0) is 59.9 Å². The maximum absolute atomic E-state index is 12.0. The average Bonchev–Trinajstić information content (AvgIpc) is 3.19. The Kier molecular flexibility index (Phi) is 11.4. The second-order valence-corrected chi connectivity index (χ2v) is 8.46. The number of carbonyl (C=O) groups excluding carboxylic acids is 1. The van der Waals surface area contributed by atoms with Gasteiger partial charge in [-0.1, -0.05) is 26.0 Å². The van der Waals surface area contributed by atoms with Crippen LogP contribution in [-0.4, -0.2) is 30.1 Å². The largest absolute Gasteiger partial charge is 0.384 e. The minimum Gasteiger partial charge on any atom is -0.384 e. The van der Waals surface area contributed by atoms with Crippen molar-refractivity contribution in [1.29, 1.82) is 0 Å². The lowest BCUT2D eigenvalue weighted by Crippen LogP contribution is -2.44. The van der Waals surface area contributed by atoms with Gasteiger partial charge in [-0.3, -0.25) is 4.79 Å². The fraction of sp³-hybridized carbons (Fsp3) is 0.455. The van der Waals surface area contributed by atoms with Gasteiger partial charge in [0.05, 0.1) is 13.1 Å². The van der Waals surface area contributed by atoms with Crippen LogP contribution in [-0.2, 0) is 16.9 Å². The minimum absolute atomic E-state index is 0. The van der Waals surface area contributed by atoms with Crippen molar-refractivity contribution in [3.63, 3.8) is 0 Å². The Balaban J connectivity index is 0.00000450. The summed E-state index contributed by atoms with van der Waals surface area (Å²) < 4.78 is 0.